The zero-order valence-corrected chi connectivity index (χ0v) is 11.5. The first-order valence-corrected chi connectivity index (χ1v) is 6.56. The van der Waals surface area contributed by atoms with Crippen molar-refractivity contribution < 1.29 is 29.1 Å². The Kier molecular flexibility index (Phi) is 4.77. The van der Waals surface area contributed by atoms with E-state index in [9.17, 15) is 19.7 Å². The molecule has 9 heteroatoms. The van der Waals surface area contributed by atoms with Gasteiger partial charge in [0.2, 0.25) is 0 Å². The first kappa shape index (κ1) is 15.5. The van der Waals surface area contributed by atoms with E-state index in [1.807, 2.05) is 0 Å². The quantitative estimate of drug-likeness (QED) is 0.393. The third-order valence-electron chi connectivity index (χ3n) is 3.22. The van der Waals surface area contributed by atoms with Crippen molar-refractivity contribution >= 4 is 17.9 Å². The number of hydrogen-bond acceptors (Lipinski definition) is 6. The maximum Gasteiger partial charge on any atom is 0.514 e. The van der Waals surface area contributed by atoms with Gasteiger partial charge in [0.15, 0.2) is 0 Å². The number of ether oxygens (including phenoxy) is 2. The Hall–Kier alpha value is -2.84. The second-order valence-corrected chi connectivity index (χ2v) is 4.69. The van der Waals surface area contributed by atoms with Crippen LogP contribution in [0.4, 0.5) is 15.3 Å². The van der Waals surface area contributed by atoms with Crippen LogP contribution in [0.1, 0.15) is 12.8 Å². The van der Waals surface area contributed by atoms with E-state index < -0.39 is 23.3 Å². The van der Waals surface area contributed by atoms with Crippen molar-refractivity contribution in [2.24, 2.45) is 0 Å². The van der Waals surface area contributed by atoms with Crippen molar-refractivity contribution in [1.29, 1.82) is 0 Å². The number of benzene rings is 1. The molecule has 0 atom stereocenters. The number of carboxylic acid groups (broad SMARTS) is 1. The third kappa shape index (κ3) is 4.08. The highest BCUT2D eigenvalue weighted by molar-refractivity contribution is 5.65. The number of likely N-dealkylation sites (tertiary alicyclic amines) is 1. The molecule has 1 aromatic rings. The average Bonchev–Trinajstić information content (AvgIpc) is 2.48. The molecule has 1 aliphatic rings. The van der Waals surface area contributed by atoms with Crippen molar-refractivity contribution in [3.63, 3.8) is 0 Å². The first-order valence-electron chi connectivity index (χ1n) is 6.56. The van der Waals surface area contributed by atoms with E-state index in [4.69, 9.17) is 14.6 Å². The van der Waals surface area contributed by atoms with E-state index in [1.54, 1.807) is 0 Å². The van der Waals surface area contributed by atoms with Crippen LogP contribution in [0.2, 0.25) is 0 Å². The molecule has 1 aromatic carbocycles. The average molecular weight is 310 g/mol. The summed E-state index contributed by atoms with van der Waals surface area (Å²) in [5, 5.41) is 19.3. The number of non-ortho nitro benzene ring substituents is 1. The van der Waals surface area contributed by atoms with Gasteiger partial charge in [0.05, 0.1) is 4.92 Å². The summed E-state index contributed by atoms with van der Waals surface area (Å²) in [6, 6.07) is 5.03. The van der Waals surface area contributed by atoms with Crippen molar-refractivity contribution in [1.82, 2.24) is 4.90 Å². The van der Waals surface area contributed by atoms with Gasteiger partial charge in [-0.1, -0.05) is 0 Å². The van der Waals surface area contributed by atoms with Crippen molar-refractivity contribution in [3.8, 4) is 5.75 Å². The van der Waals surface area contributed by atoms with Gasteiger partial charge in [0.25, 0.3) is 5.69 Å². The molecule has 1 fully saturated rings. The maximum atomic E-state index is 11.6. The summed E-state index contributed by atoms with van der Waals surface area (Å²) in [6.45, 7) is 0.593. The van der Waals surface area contributed by atoms with E-state index in [1.165, 1.54) is 29.2 Å². The van der Waals surface area contributed by atoms with E-state index in [0.717, 1.165) is 0 Å². The molecule has 0 radical (unpaired) electrons. The summed E-state index contributed by atoms with van der Waals surface area (Å²) in [7, 11) is 0. The lowest BCUT2D eigenvalue weighted by Gasteiger charge is -2.29. The number of rotatable bonds is 3. The topological polar surface area (TPSA) is 119 Å². The number of hydrogen-bond donors (Lipinski definition) is 1. The number of amides is 1. The molecule has 0 unspecified atom stereocenters. The van der Waals surface area contributed by atoms with Gasteiger partial charge in [-0.2, -0.15) is 0 Å². The Bertz CT molecular complexity index is 564. The molecule has 1 heterocycles. The predicted octanol–water partition coefficient (Wildman–Crippen LogP) is 2.25. The number of nitro groups is 1. The highest BCUT2D eigenvalue weighted by Gasteiger charge is 2.25. The lowest BCUT2D eigenvalue weighted by molar-refractivity contribution is -0.384. The molecular formula is C13H14N2O7. The van der Waals surface area contributed by atoms with Crippen molar-refractivity contribution in [2.75, 3.05) is 13.1 Å². The standard InChI is InChI=1S/C13H14N2O7/c16-12(17)14-7-5-11(6-8-14)22-13(18)21-10-3-1-9(2-4-10)15(19)20/h1-4,11H,5-8H2,(H,16,17). The Labute approximate surface area is 125 Å². The van der Waals surface area contributed by atoms with Crippen molar-refractivity contribution in [2.45, 2.75) is 18.9 Å². The SMILES string of the molecule is O=C(Oc1ccc([N+](=O)[O-])cc1)OC1CCN(C(=O)O)CC1. The summed E-state index contributed by atoms with van der Waals surface area (Å²) in [6.07, 6.45) is -1.50. The van der Waals surface area contributed by atoms with E-state index in [2.05, 4.69) is 0 Å². The normalized spacial score (nSPS) is 15.2. The highest BCUT2D eigenvalue weighted by atomic mass is 16.7. The molecular weight excluding hydrogens is 296 g/mol. The predicted molar refractivity (Wildman–Crippen MR) is 72.8 cm³/mol. The number of nitro benzene ring substituents is 1. The molecule has 2 rings (SSSR count). The smallest absolute Gasteiger partial charge is 0.465 e. The van der Waals surface area contributed by atoms with Gasteiger partial charge in [-0.3, -0.25) is 10.1 Å². The van der Waals surface area contributed by atoms with Crippen LogP contribution < -0.4 is 4.74 Å². The Morgan fingerprint density at radius 1 is 1.23 bits per heavy atom. The second kappa shape index (κ2) is 6.74. The minimum absolute atomic E-state index is 0.109. The molecule has 0 spiro atoms. The number of carbonyl (C=O) groups excluding carboxylic acids is 1. The lowest BCUT2D eigenvalue weighted by atomic mass is 10.1. The second-order valence-electron chi connectivity index (χ2n) is 4.69. The molecule has 0 saturated carbocycles. The third-order valence-corrected chi connectivity index (χ3v) is 3.22. The molecule has 0 aliphatic carbocycles. The van der Waals surface area contributed by atoms with Crippen LogP contribution in [0.5, 0.6) is 5.75 Å². The van der Waals surface area contributed by atoms with E-state index in [0.29, 0.717) is 25.9 Å². The van der Waals surface area contributed by atoms with E-state index >= 15 is 0 Å². The largest absolute Gasteiger partial charge is 0.514 e. The Balaban J connectivity index is 1.81. The van der Waals surface area contributed by atoms with E-state index in [-0.39, 0.29) is 11.4 Å². The fourth-order valence-corrected chi connectivity index (χ4v) is 2.06. The summed E-state index contributed by atoms with van der Waals surface area (Å²) in [5.74, 6) is 0.138. The Morgan fingerprint density at radius 3 is 2.32 bits per heavy atom. The van der Waals surface area contributed by atoms with Crippen LogP contribution in [-0.4, -0.2) is 46.4 Å². The zero-order valence-electron chi connectivity index (χ0n) is 11.5. The van der Waals surface area contributed by atoms with Crippen LogP contribution in [0.25, 0.3) is 0 Å². The highest BCUT2D eigenvalue weighted by Crippen LogP contribution is 2.19. The van der Waals surface area contributed by atoms with Gasteiger partial charge in [0, 0.05) is 38.1 Å². The fraction of sp³-hybridized carbons (Fsp3) is 0.385. The molecule has 1 aliphatic heterocycles. The molecule has 1 saturated heterocycles. The van der Waals surface area contributed by atoms with Crippen LogP contribution in [0.15, 0.2) is 24.3 Å². The summed E-state index contributed by atoms with van der Waals surface area (Å²) in [4.78, 5) is 33.5. The van der Waals surface area contributed by atoms with Gasteiger partial charge in [-0.05, 0) is 12.1 Å². The monoisotopic (exact) mass is 310 g/mol. The number of nitrogens with zero attached hydrogens (tertiary/aromatic N) is 2. The lowest BCUT2D eigenvalue weighted by Crippen LogP contribution is -2.40. The van der Waals surface area contributed by atoms with Gasteiger partial charge in [-0.25, -0.2) is 9.59 Å². The maximum absolute atomic E-state index is 11.6. The first-order chi connectivity index (χ1) is 10.5. The Morgan fingerprint density at radius 2 is 1.82 bits per heavy atom. The molecule has 9 nitrogen and oxygen atoms in total. The van der Waals surface area contributed by atoms with Gasteiger partial charge in [-0.15, -0.1) is 0 Å². The summed E-state index contributed by atoms with van der Waals surface area (Å²) in [5.41, 5.74) is -0.109. The molecule has 1 amide bonds. The van der Waals surface area contributed by atoms with Gasteiger partial charge >= 0.3 is 12.2 Å². The van der Waals surface area contributed by atoms with Crippen molar-refractivity contribution in [3.05, 3.63) is 34.4 Å². The number of carbonyl (C=O) groups is 2. The zero-order chi connectivity index (χ0) is 16.1. The minimum Gasteiger partial charge on any atom is -0.465 e. The van der Waals surface area contributed by atoms with Crippen LogP contribution in [0, 0.1) is 10.1 Å². The summed E-state index contributed by atoms with van der Waals surface area (Å²) < 4.78 is 10.00. The van der Waals surface area contributed by atoms with Gasteiger partial charge < -0.3 is 19.5 Å². The molecule has 22 heavy (non-hydrogen) atoms. The van der Waals surface area contributed by atoms with Crippen LogP contribution in [0.3, 0.4) is 0 Å². The molecule has 0 bridgehead atoms. The summed E-state index contributed by atoms with van der Waals surface area (Å²) >= 11 is 0. The fourth-order valence-electron chi connectivity index (χ4n) is 2.06. The molecule has 0 aromatic heterocycles. The molecule has 1 N–H and O–H groups in total. The molecule has 118 valence electrons. The minimum atomic E-state index is -0.994. The van der Waals surface area contributed by atoms with Crippen LogP contribution in [-0.2, 0) is 4.74 Å². The number of piperidine rings is 1. The van der Waals surface area contributed by atoms with Gasteiger partial charge in [0.1, 0.15) is 11.9 Å². The van der Waals surface area contributed by atoms with Crippen LogP contribution >= 0.6 is 0 Å².